The van der Waals surface area contributed by atoms with Crippen LogP contribution in [0.5, 0.6) is 0 Å². The van der Waals surface area contributed by atoms with E-state index in [1.165, 1.54) is 36.0 Å². The van der Waals surface area contributed by atoms with Crippen molar-refractivity contribution in [3.8, 4) is 0 Å². The summed E-state index contributed by atoms with van der Waals surface area (Å²) in [5.41, 5.74) is 0.223. The minimum absolute atomic E-state index is 0.112. The van der Waals surface area contributed by atoms with Crippen molar-refractivity contribution < 1.29 is 18.5 Å². The molecule has 0 unspecified atom stereocenters. The van der Waals surface area contributed by atoms with Crippen molar-refractivity contribution in [2.24, 2.45) is 0 Å². The molecule has 0 saturated carbocycles. The smallest absolute Gasteiger partial charge is 0.271 e. The number of hydrogen-bond acceptors (Lipinski definition) is 4. The summed E-state index contributed by atoms with van der Waals surface area (Å²) >= 11 is 1.21. The van der Waals surface area contributed by atoms with Crippen molar-refractivity contribution in [1.82, 2.24) is 0 Å². The standard InChI is InChI=1S/C15H12F2N2O3S/c16-13-5-4-12(9-14(13)17)23-7-6-15(20)18-10-2-1-3-11(8-10)19(21)22/h1-5,8-9H,6-7H2,(H,18,20). The average molecular weight is 338 g/mol. The highest BCUT2D eigenvalue weighted by atomic mass is 32.2. The Morgan fingerprint density at radius 1 is 1.17 bits per heavy atom. The SMILES string of the molecule is O=C(CCSc1ccc(F)c(F)c1)Nc1cccc([N+](=O)[O-])c1. The molecule has 0 aliphatic carbocycles. The van der Waals surface area contributed by atoms with E-state index in [2.05, 4.69) is 5.32 Å². The zero-order valence-electron chi connectivity index (χ0n) is 11.8. The van der Waals surface area contributed by atoms with Crippen LogP contribution in [0.4, 0.5) is 20.2 Å². The first-order valence-corrected chi connectivity index (χ1v) is 7.56. The second kappa shape index (κ2) is 7.68. The molecular weight excluding hydrogens is 326 g/mol. The number of halogens is 2. The van der Waals surface area contributed by atoms with Gasteiger partial charge in [0.2, 0.25) is 5.91 Å². The first kappa shape index (κ1) is 16.9. The molecule has 0 saturated heterocycles. The molecule has 5 nitrogen and oxygen atoms in total. The van der Waals surface area contributed by atoms with Crippen LogP contribution in [0.1, 0.15) is 6.42 Å². The number of anilines is 1. The van der Waals surface area contributed by atoms with E-state index < -0.39 is 16.6 Å². The maximum atomic E-state index is 13.0. The lowest BCUT2D eigenvalue weighted by atomic mass is 10.3. The number of rotatable bonds is 6. The van der Waals surface area contributed by atoms with Gasteiger partial charge in [0.05, 0.1) is 4.92 Å². The summed E-state index contributed by atoms with van der Waals surface area (Å²) in [5, 5.41) is 13.2. The second-order valence-corrected chi connectivity index (χ2v) is 5.70. The zero-order valence-corrected chi connectivity index (χ0v) is 12.6. The van der Waals surface area contributed by atoms with E-state index in [-0.39, 0.29) is 18.0 Å². The highest BCUT2D eigenvalue weighted by Gasteiger charge is 2.09. The van der Waals surface area contributed by atoms with E-state index in [9.17, 15) is 23.7 Å². The molecule has 1 N–H and O–H groups in total. The Morgan fingerprint density at radius 3 is 2.65 bits per heavy atom. The summed E-state index contributed by atoms with van der Waals surface area (Å²) in [4.78, 5) is 22.4. The molecule has 0 fully saturated rings. The number of amides is 1. The summed E-state index contributed by atoms with van der Waals surface area (Å²) < 4.78 is 25.8. The van der Waals surface area contributed by atoms with Crippen LogP contribution < -0.4 is 5.32 Å². The van der Waals surface area contributed by atoms with E-state index in [1.807, 2.05) is 0 Å². The molecule has 2 aromatic rings. The highest BCUT2D eigenvalue weighted by molar-refractivity contribution is 7.99. The Kier molecular flexibility index (Phi) is 5.64. The normalized spacial score (nSPS) is 10.3. The first-order chi connectivity index (χ1) is 11.0. The van der Waals surface area contributed by atoms with Crippen molar-refractivity contribution in [1.29, 1.82) is 0 Å². The summed E-state index contributed by atoms with van der Waals surface area (Å²) in [6.45, 7) is 0. The van der Waals surface area contributed by atoms with E-state index in [0.717, 1.165) is 12.1 Å². The van der Waals surface area contributed by atoms with E-state index >= 15 is 0 Å². The van der Waals surface area contributed by atoms with Gasteiger partial charge in [0, 0.05) is 34.9 Å². The molecule has 0 aromatic heterocycles. The van der Waals surface area contributed by atoms with Crippen LogP contribution in [-0.2, 0) is 4.79 Å². The van der Waals surface area contributed by atoms with Crippen molar-refractivity contribution in [2.75, 3.05) is 11.1 Å². The van der Waals surface area contributed by atoms with Gasteiger partial charge < -0.3 is 5.32 Å². The van der Waals surface area contributed by atoms with Gasteiger partial charge in [0.15, 0.2) is 11.6 Å². The van der Waals surface area contributed by atoms with Crippen molar-refractivity contribution >= 4 is 29.0 Å². The number of hydrogen-bond donors (Lipinski definition) is 1. The molecule has 0 aliphatic rings. The van der Waals surface area contributed by atoms with Gasteiger partial charge in [0.1, 0.15) is 0 Å². The van der Waals surface area contributed by atoms with Crippen LogP contribution in [0.15, 0.2) is 47.4 Å². The largest absolute Gasteiger partial charge is 0.326 e. The number of non-ortho nitro benzene ring substituents is 1. The molecular formula is C15H12F2N2O3S. The lowest BCUT2D eigenvalue weighted by Gasteiger charge is -2.05. The number of nitrogens with one attached hydrogen (secondary N) is 1. The van der Waals surface area contributed by atoms with E-state index in [4.69, 9.17) is 0 Å². The maximum absolute atomic E-state index is 13.0. The minimum Gasteiger partial charge on any atom is -0.326 e. The van der Waals surface area contributed by atoms with Gasteiger partial charge in [-0.2, -0.15) is 0 Å². The van der Waals surface area contributed by atoms with Gasteiger partial charge in [-0.05, 0) is 24.3 Å². The van der Waals surface area contributed by atoms with Crippen LogP contribution >= 0.6 is 11.8 Å². The molecule has 0 aliphatic heterocycles. The number of carbonyl (C=O) groups excluding carboxylic acids is 1. The predicted molar refractivity (Wildman–Crippen MR) is 83.4 cm³/mol. The Hall–Kier alpha value is -2.48. The number of nitro groups is 1. The fourth-order valence-electron chi connectivity index (χ4n) is 1.75. The summed E-state index contributed by atoms with van der Waals surface area (Å²) in [6, 6.07) is 9.15. The van der Waals surface area contributed by atoms with Gasteiger partial charge in [-0.3, -0.25) is 14.9 Å². The van der Waals surface area contributed by atoms with Gasteiger partial charge >= 0.3 is 0 Å². The van der Waals surface area contributed by atoms with Crippen LogP contribution in [0.25, 0.3) is 0 Å². The molecule has 0 bridgehead atoms. The molecule has 2 aromatic carbocycles. The third-order valence-corrected chi connectivity index (χ3v) is 3.83. The molecule has 120 valence electrons. The predicted octanol–water partition coefficient (Wildman–Crippen LogP) is 3.99. The molecule has 1 amide bonds. The molecule has 0 radical (unpaired) electrons. The van der Waals surface area contributed by atoms with Crippen molar-refractivity contribution in [3.05, 3.63) is 64.2 Å². The number of benzene rings is 2. The molecule has 2 rings (SSSR count). The van der Waals surface area contributed by atoms with E-state index in [1.54, 1.807) is 6.07 Å². The Morgan fingerprint density at radius 2 is 1.96 bits per heavy atom. The third-order valence-electron chi connectivity index (χ3n) is 2.83. The van der Waals surface area contributed by atoms with Crippen LogP contribution in [0, 0.1) is 21.7 Å². The van der Waals surface area contributed by atoms with Crippen molar-refractivity contribution in [3.63, 3.8) is 0 Å². The molecule has 0 spiro atoms. The third kappa shape index (κ3) is 5.03. The fourth-order valence-corrected chi connectivity index (χ4v) is 2.62. The second-order valence-electron chi connectivity index (χ2n) is 4.53. The van der Waals surface area contributed by atoms with Gasteiger partial charge in [-0.25, -0.2) is 8.78 Å². The van der Waals surface area contributed by atoms with Gasteiger partial charge in [0.25, 0.3) is 5.69 Å². The molecule has 8 heteroatoms. The summed E-state index contributed by atoms with van der Waals surface area (Å²) in [5.74, 6) is -1.80. The maximum Gasteiger partial charge on any atom is 0.271 e. The van der Waals surface area contributed by atoms with Gasteiger partial charge in [-0.1, -0.05) is 6.07 Å². The Balaban J connectivity index is 1.84. The number of nitrogens with zero attached hydrogens (tertiary/aromatic N) is 1. The average Bonchev–Trinajstić information content (AvgIpc) is 2.51. The first-order valence-electron chi connectivity index (χ1n) is 6.58. The lowest BCUT2D eigenvalue weighted by molar-refractivity contribution is -0.384. The number of nitro benzene ring substituents is 1. The quantitative estimate of drug-likeness (QED) is 0.491. The lowest BCUT2D eigenvalue weighted by Crippen LogP contribution is -2.12. The summed E-state index contributed by atoms with van der Waals surface area (Å²) in [6.07, 6.45) is 0.131. The number of thioether (sulfide) groups is 1. The Bertz CT molecular complexity index is 740. The molecule has 0 atom stereocenters. The highest BCUT2D eigenvalue weighted by Crippen LogP contribution is 2.22. The summed E-state index contributed by atoms with van der Waals surface area (Å²) in [7, 11) is 0. The fraction of sp³-hybridized carbons (Fsp3) is 0.133. The minimum atomic E-state index is -0.934. The molecule has 0 heterocycles. The Labute approximate surface area is 134 Å². The topological polar surface area (TPSA) is 72.2 Å². The van der Waals surface area contributed by atoms with Crippen molar-refractivity contribution in [2.45, 2.75) is 11.3 Å². The van der Waals surface area contributed by atoms with Crippen LogP contribution in [-0.4, -0.2) is 16.6 Å². The van der Waals surface area contributed by atoms with Crippen LogP contribution in [0.3, 0.4) is 0 Å². The van der Waals surface area contributed by atoms with Crippen LogP contribution in [0.2, 0.25) is 0 Å². The van der Waals surface area contributed by atoms with E-state index in [0.29, 0.717) is 16.3 Å². The van der Waals surface area contributed by atoms with Gasteiger partial charge in [-0.15, -0.1) is 11.8 Å². The zero-order chi connectivity index (χ0) is 16.8. The molecule has 23 heavy (non-hydrogen) atoms. The monoisotopic (exact) mass is 338 g/mol. The number of carbonyl (C=O) groups is 1.